The molecule has 6 heteroatoms. The zero-order valence-corrected chi connectivity index (χ0v) is 8.18. The number of amides is 1. The highest BCUT2D eigenvalue weighted by Crippen LogP contribution is 2.08. The number of hydrogen-bond donors (Lipinski definition) is 2. The van der Waals surface area contributed by atoms with Gasteiger partial charge in [0.15, 0.2) is 0 Å². The maximum atomic E-state index is 11.0. The van der Waals surface area contributed by atoms with E-state index in [1.807, 2.05) is 6.26 Å². The van der Waals surface area contributed by atoms with E-state index in [1.54, 1.807) is 13.0 Å². The molecule has 0 fully saturated rings. The fraction of sp³-hybridized carbons (Fsp3) is 0.286. The SMILES string of the molecule is C/C=C/C(=O)Nc1nc(SC)n[nH]1. The molecule has 70 valence electrons. The van der Waals surface area contributed by atoms with E-state index in [4.69, 9.17) is 0 Å². The number of allylic oxidation sites excluding steroid dienone is 1. The molecule has 1 aromatic heterocycles. The van der Waals surface area contributed by atoms with Crippen LogP contribution < -0.4 is 5.32 Å². The molecule has 0 aromatic carbocycles. The summed E-state index contributed by atoms with van der Waals surface area (Å²) in [6, 6.07) is 0. The predicted molar refractivity (Wildman–Crippen MR) is 51.6 cm³/mol. The number of hydrogen-bond acceptors (Lipinski definition) is 4. The van der Waals surface area contributed by atoms with Crippen LogP contribution in [0.4, 0.5) is 5.95 Å². The van der Waals surface area contributed by atoms with Crippen molar-refractivity contribution in [2.45, 2.75) is 12.1 Å². The number of anilines is 1. The molecular formula is C7H10N4OS. The minimum absolute atomic E-state index is 0.216. The monoisotopic (exact) mass is 198 g/mol. The first-order chi connectivity index (χ1) is 6.26. The molecule has 2 N–H and O–H groups in total. The molecule has 0 aliphatic rings. The number of nitrogens with zero attached hydrogens (tertiary/aromatic N) is 2. The first-order valence-corrected chi connectivity index (χ1v) is 4.89. The molecule has 0 aliphatic heterocycles. The summed E-state index contributed by atoms with van der Waals surface area (Å²) < 4.78 is 0. The van der Waals surface area contributed by atoms with Crippen LogP contribution >= 0.6 is 11.8 Å². The van der Waals surface area contributed by atoms with E-state index < -0.39 is 0 Å². The van der Waals surface area contributed by atoms with E-state index in [9.17, 15) is 4.79 Å². The van der Waals surface area contributed by atoms with Crippen molar-refractivity contribution in [3.8, 4) is 0 Å². The second-order valence-electron chi connectivity index (χ2n) is 2.16. The van der Waals surface area contributed by atoms with Gasteiger partial charge in [-0.1, -0.05) is 17.8 Å². The van der Waals surface area contributed by atoms with Crippen molar-refractivity contribution in [1.82, 2.24) is 15.2 Å². The van der Waals surface area contributed by atoms with E-state index in [2.05, 4.69) is 20.5 Å². The van der Waals surface area contributed by atoms with Crippen molar-refractivity contribution in [3.05, 3.63) is 12.2 Å². The summed E-state index contributed by atoms with van der Waals surface area (Å²) in [5, 5.41) is 9.57. The van der Waals surface area contributed by atoms with Crippen molar-refractivity contribution in [2.24, 2.45) is 0 Å². The molecule has 1 amide bonds. The summed E-state index contributed by atoms with van der Waals surface area (Å²) in [4.78, 5) is 15.0. The van der Waals surface area contributed by atoms with E-state index in [0.717, 1.165) is 0 Å². The fourth-order valence-electron chi connectivity index (χ4n) is 0.703. The highest BCUT2D eigenvalue weighted by Gasteiger charge is 2.02. The molecule has 0 radical (unpaired) electrons. The summed E-state index contributed by atoms with van der Waals surface area (Å²) in [5.74, 6) is 0.152. The van der Waals surface area contributed by atoms with Gasteiger partial charge in [-0.15, -0.1) is 5.10 Å². The van der Waals surface area contributed by atoms with Gasteiger partial charge in [0, 0.05) is 0 Å². The highest BCUT2D eigenvalue weighted by atomic mass is 32.2. The largest absolute Gasteiger partial charge is 0.291 e. The van der Waals surface area contributed by atoms with Crippen LogP contribution in [0, 0.1) is 0 Å². The molecule has 0 bridgehead atoms. The molecule has 0 saturated heterocycles. The molecule has 0 unspecified atom stereocenters. The number of aromatic nitrogens is 3. The van der Waals surface area contributed by atoms with Crippen LogP contribution in [0.3, 0.4) is 0 Å². The first-order valence-electron chi connectivity index (χ1n) is 3.66. The van der Waals surface area contributed by atoms with Gasteiger partial charge in [-0.3, -0.25) is 10.1 Å². The van der Waals surface area contributed by atoms with Gasteiger partial charge in [0.05, 0.1) is 0 Å². The zero-order valence-electron chi connectivity index (χ0n) is 7.37. The Labute approximate surface area is 80.0 Å². The molecule has 1 heterocycles. The van der Waals surface area contributed by atoms with E-state index >= 15 is 0 Å². The van der Waals surface area contributed by atoms with E-state index in [1.165, 1.54) is 17.8 Å². The van der Waals surface area contributed by atoms with Gasteiger partial charge in [-0.05, 0) is 19.3 Å². The van der Waals surface area contributed by atoms with Gasteiger partial charge in [0.2, 0.25) is 17.0 Å². The first kappa shape index (κ1) is 9.79. The summed E-state index contributed by atoms with van der Waals surface area (Å²) in [5.41, 5.74) is 0. The van der Waals surface area contributed by atoms with Crippen molar-refractivity contribution in [3.63, 3.8) is 0 Å². The normalized spacial score (nSPS) is 10.6. The van der Waals surface area contributed by atoms with Crippen molar-refractivity contribution >= 4 is 23.6 Å². The van der Waals surface area contributed by atoms with Crippen LogP contribution in [0.15, 0.2) is 17.3 Å². The average molecular weight is 198 g/mol. The van der Waals surface area contributed by atoms with Crippen LogP contribution in [0.25, 0.3) is 0 Å². The third-order valence-corrected chi connectivity index (χ3v) is 1.75. The number of nitrogens with one attached hydrogen (secondary N) is 2. The number of thioether (sulfide) groups is 1. The van der Waals surface area contributed by atoms with Crippen molar-refractivity contribution in [1.29, 1.82) is 0 Å². The van der Waals surface area contributed by atoms with Crippen molar-refractivity contribution < 1.29 is 4.79 Å². The number of aromatic amines is 1. The number of carbonyl (C=O) groups is 1. The van der Waals surface area contributed by atoms with E-state index in [-0.39, 0.29) is 5.91 Å². The van der Waals surface area contributed by atoms with Gasteiger partial charge in [-0.25, -0.2) is 5.10 Å². The summed E-state index contributed by atoms with van der Waals surface area (Å²) in [6.45, 7) is 1.77. The van der Waals surface area contributed by atoms with Gasteiger partial charge >= 0.3 is 0 Å². The standard InChI is InChI=1S/C7H10N4OS/c1-3-4-5(12)8-6-9-7(13-2)11-10-6/h3-4H,1-2H3,(H2,8,9,10,11,12)/b4-3+. The number of H-pyrrole nitrogens is 1. The molecular weight excluding hydrogens is 188 g/mol. The quantitative estimate of drug-likeness (QED) is 0.562. The second-order valence-corrected chi connectivity index (χ2v) is 2.93. The van der Waals surface area contributed by atoms with Gasteiger partial charge in [0.25, 0.3) is 0 Å². The lowest BCUT2D eigenvalue weighted by Gasteiger charge is -1.93. The van der Waals surface area contributed by atoms with Crippen LogP contribution in [0.2, 0.25) is 0 Å². The lowest BCUT2D eigenvalue weighted by Crippen LogP contribution is -2.08. The Morgan fingerprint density at radius 1 is 1.69 bits per heavy atom. The molecule has 0 spiro atoms. The summed E-state index contributed by atoms with van der Waals surface area (Å²) in [6.07, 6.45) is 4.93. The Hall–Kier alpha value is -1.30. The highest BCUT2D eigenvalue weighted by molar-refractivity contribution is 7.98. The van der Waals surface area contributed by atoms with Gasteiger partial charge in [0.1, 0.15) is 0 Å². The second kappa shape index (κ2) is 4.66. The smallest absolute Gasteiger partial charge is 0.250 e. The Morgan fingerprint density at radius 2 is 2.46 bits per heavy atom. The van der Waals surface area contributed by atoms with Crippen LogP contribution in [0.1, 0.15) is 6.92 Å². The third kappa shape index (κ3) is 2.90. The Bertz CT molecular complexity index is 320. The number of carbonyl (C=O) groups excluding carboxylic acids is 1. The Kier molecular flexibility index (Phi) is 3.51. The lowest BCUT2D eigenvalue weighted by atomic mass is 10.5. The van der Waals surface area contributed by atoms with Crippen LogP contribution in [-0.4, -0.2) is 27.3 Å². The van der Waals surface area contributed by atoms with Crippen molar-refractivity contribution in [2.75, 3.05) is 11.6 Å². The van der Waals surface area contributed by atoms with Gasteiger partial charge < -0.3 is 0 Å². The van der Waals surface area contributed by atoms with Crippen LogP contribution in [0.5, 0.6) is 0 Å². The molecule has 5 nitrogen and oxygen atoms in total. The van der Waals surface area contributed by atoms with E-state index in [0.29, 0.717) is 11.1 Å². The third-order valence-electron chi connectivity index (χ3n) is 1.21. The molecule has 1 aromatic rings. The van der Waals surface area contributed by atoms with Gasteiger partial charge in [-0.2, -0.15) is 4.98 Å². The minimum Gasteiger partial charge on any atom is -0.291 e. The molecule has 0 aliphatic carbocycles. The number of rotatable bonds is 3. The molecule has 0 atom stereocenters. The topological polar surface area (TPSA) is 70.7 Å². The minimum atomic E-state index is -0.216. The summed E-state index contributed by atoms with van der Waals surface area (Å²) in [7, 11) is 0. The fourth-order valence-corrected chi connectivity index (χ4v) is 1.02. The summed E-state index contributed by atoms with van der Waals surface area (Å²) >= 11 is 1.41. The lowest BCUT2D eigenvalue weighted by molar-refractivity contribution is -0.111. The molecule has 0 saturated carbocycles. The zero-order chi connectivity index (χ0) is 9.68. The molecule has 1 rings (SSSR count). The molecule has 13 heavy (non-hydrogen) atoms. The Morgan fingerprint density at radius 3 is 3.00 bits per heavy atom. The van der Waals surface area contributed by atoms with Crippen LogP contribution in [-0.2, 0) is 4.79 Å². The average Bonchev–Trinajstić information content (AvgIpc) is 2.52. The maximum absolute atomic E-state index is 11.0. The predicted octanol–water partition coefficient (Wildman–Crippen LogP) is 1.04. The maximum Gasteiger partial charge on any atom is 0.250 e. The Balaban J connectivity index is 2.58.